The average Bonchev–Trinajstić information content (AvgIpc) is 4.00. The zero-order valence-electron chi connectivity index (χ0n) is 54.6. The van der Waals surface area contributed by atoms with Crippen LogP contribution in [0.15, 0.2) is 24.3 Å². The number of likely N-dealkylation sites (tertiary alicyclic amines) is 1. The lowest BCUT2D eigenvalue weighted by atomic mass is 10.1. The first-order valence-electron chi connectivity index (χ1n) is 35.8. The van der Waals surface area contributed by atoms with E-state index >= 15 is 0 Å². The Hall–Kier alpha value is -2.72. The molecule has 1 aliphatic rings. The first-order chi connectivity index (χ1) is 40.3. The van der Waals surface area contributed by atoms with E-state index in [0.29, 0.717) is 52.0 Å². The zero-order valence-corrected chi connectivity index (χ0v) is 54.6. The Kier molecular flexibility index (Phi) is 57.8. The fourth-order valence-corrected chi connectivity index (χ4v) is 11.2. The molecule has 10 heteroatoms. The van der Waals surface area contributed by atoms with Crippen molar-refractivity contribution in [2.75, 3.05) is 52.5 Å². The predicted octanol–water partition coefficient (Wildman–Crippen LogP) is 20.2. The van der Waals surface area contributed by atoms with Gasteiger partial charge in [0.2, 0.25) is 0 Å². The third kappa shape index (κ3) is 54.0. The lowest BCUT2D eigenvalue weighted by Gasteiger charge is -2.24. The summed E-state index contributed by atoms with van der Waals surface area (Å²) in [6.07, 6.45) is 64.5. The van der Waals surface area contributed by atoms with Gasteiger partial charge in [0.25, 0.3) is 0 Å². The normalized spacial score (nSPS) is 13.7. The lowest BCUT2D eigenvalue weighted by Crippen LogP contribution is -2.36. The summed E-state index contributed by atoms with van der Waals surface area (Å²) in [6.45, 7) is 15.2. The van der Waals surface area contributed by atoms with Crippen LogP contribution in [0.2, 0.25) is 0 Å². The molecule has 480 valence electrons. The van der Waals surface area contributed by atoms with Crippen LogP contribution < -0.4 is 0 Å². The highest BCUT2D eigenvalue weighted by molar-refractivity contribution is 5.70. The topological polar surface area (TPSA) is 112 Å². The zero-order chi connectivity index (χ0) is 59.3. The number of hydrogen-bond donors (Lipinski definition) is 0. The van der Waals surface area contributed by atoms with Crippen molar-refractivity contribution in [3.8, 4) is 0 Å². The highest BCUT2D eigenvalue weighted by atomic mass is 16.6. The highest BCUT2D eigenvalue weighted by Crippen LogP contribution is 2.19. The maximum absolute atomic E-state index is 12.8. The second-order valence-corrected chi connectivity index (χ2v) is 24.6. The average molecular weight is 1160 g/mol. The lowest BCUT2D eigenvalue weighted by molar-refractivity contribution is -0.150. The van der Waals surface area contributed by atoms with E-state index in [0.717, 1.165) is 142 Å². The molecule has 0 radical (unpaired) electrons. The summed E-state index contributed by atoms with van der Waals surface area (Å²) in [5.74, 6) is -0.321. The van der Waals surface area contributed by atoms with E-state index < -0.39 is 0 Å². The van der Waals surface area contributed by atoms with Crippen molar-refractivity contribution in [1.29, 1.82) is 0 Å². The summed E-state index contributed by atoms with van der Waals surface area (Å²) in [5, 5.41) is 0. The third-order valence-electron chi connectivity index (χ3n) is 16.7. The molecule has 0 aromatic heterocycles. The van der Waals surface area contributed by atoms with Gasteiger partial charge in [-0.15, -0.1) is 0 Å². The van der Waals surface area contributed by atoms with Crippen molar-refractivity contribution in [2.45, 2.75) is 361 Å². The molecule has 0 N–H and O–H groups in total. The summed E-state index contributed by atoms with van der Waals surface area (Å²) >= 11 is 0. The number of carbonyl (C=O) groups is 4. The molecule has 0 saturated carbocycles. The molecular weight excluding hydrogens is 1020 g/mol. The molecule has 1 heterocycles. The molecule has 10 nitrogen and oxygen atoms in total. The van der Waals surface area contributed by atoms with Gasteiger partial charge in [0, 0.05) is 51.9 Å². The Morgan fingerprint density at radius 2 is 0.695 bits per heavy atom. The molecule has 82 heavy (non-hydrogen) atoms. The molecule has 0 bridgehead atoms. The molecule has 0 aromatic rings. The van der Waals surface area contributed by atoms with Crippen molar-refractivity contribution >= 4 is 23.9 Å². The minimum Gasteiger partial charge on any atom is -0.466 e. The molecule has 2 unspecified atom stereocenters. The number of unbranched alkanes of at least 4 members (excludes halogenated alkanes) is 34. The highest BCUT2D eigenvalue weighted by Gasteiger charge is 2.18. The molecule has 1 aliphatic heterocycles. The Balaban J connectivity index is 2.22. The van der Waals surface area contributed by atoms with E-state index in [4.69, 9.17) is 18.9 Å². The second-order valence-electron chi connectivity index (χ2n) is 24.6. The van der Waals surface area contributed by atoms with Gasteiger partial charge in [0.15, 0.2) is 0 Å². The van der Waals surface area contributed by atoms with E-state index in [2.05, 4.69) is 61.8 Å². The van der Waals surface area contributed by atoms with Gasteiger partial charge in [-0.25, -0.2) is 0 Å². The third-order valence-corrected chi connectivity index (χ3v) is 16.7. The number of carbonyl (C=O) groups excluding carboxylic acids is 4. The Labute approximate surface area is 507 Å². The molecule has 0 aliphatic carbocycles. The fraction of sp³-hybridized carbons (Fsp3) is 0.889. The number of esters is 4. The van der Waals surface area contributed by atoms with E-state index in [1.807, 2.05) is 0 Å². The summed E-state index contributed by atoms with van der Waals surface area (Å²) in [6, 6.07) is 0. The van der Waals surface area contributed by atoms with Gasteiger partial charge in [-0.05, 0) is 103 Å². The van der Waals surface area contributed by atoms with Crippen LogP contribution in [0, 0.1) is 0 Å². The quantitative estimate of drug-likeness (QED) is 0.0253. The van der Waals surface area contributed by atoms with Gasteiger partial charge < -0.3 is 28.7 Å². The van der Waals surface area contributed by atoms with Crippen molar-refractivity contribution in [3.63, 3.8) is 0 Å². The van der Waals surface area contributed by atoms with Crippen LogP contribution in [0.1, 0.15) is 349 Å². The number of ether oxygens (including phenoxy) is 4. The number of allylic oxidation sites excluding steroid dienone is 2. The van der Waals surface area contributed by atoms with E-state index in [9.17, 15) is 19.2 Å². The Bertz CT molecular complexity index is 1380. The van der Waals surface area contributed by atoms with Crippen molar-refractivity contribution in [3.05, 3.63) is 24.3 Å². The van der Waals surface area contributed by atoms with Gasteiger partial charge in [0.1, 0.15) is 12.2 Å². The minimum absolute atomic E-state index is 0.00591. The first kappa shape index (κ1) is 77.3. The monoisotopic (exact) mass is 1160 g/mol. The van der Waals surface area contributed by atoms with Crippen LogP contribution in [-0.4, -0.2) is 98.4 Å². The standard InChI is InChI=1S/C72H134N2O8/c1-5-9-13-17-19-23-31-37-45-55-71(77)81-67(51-41-15-11-7-3)53-43-35-29-25-21-27-33-39-49-65-79-69(75)57-61-74(64-63-73-59-47-48-60-73)62-58-70(76)80-66-50-40-34-28-22-26-30-36-44-54-68(52-42-16-12-8-4)82-72(78)56-46-38-32-24-20-18-14-10-6-2/h35-36,43-44,67-68H,5-34,37-42,45-66H2,1-4H3/b43-35-,44-36-. The minimum atomic E-state index is -0.149. The molecule has 1 rings (SSSR count). The second kappa shape index (κ2) is 61.4. The van der Waals surface area contributed by atoms with Gasteiger partial charge >= 0.3 is 23.9 Å². The molecule has 2 atom stereocenters. The van der Waals surface area contributed by atoms with Gasteiger partial charge in [-0.1, -0.05) is 245 Å². The number of rotatable bonds is 63. The first-order valence-corrected chi connectivity index (χ1v) is 35.8. The Morgan fingerprint density at radius 3 is 1.07 bits per heavy atom. The maximum atomic E-state index is 12.8. The van der Waals surface area contributed by atoms with Crippen molar-refractivity contribution < 1.29 is 38.1 Å². The van der Waals surface area contributed by atoms with Crippen LogP contribution in [0.5, 0.6) is 0 Å². The van der Waals surface area contributed by atoms with Crippen LogP contribution in [0.25, 0.3) is 0 Å². The van der Waals surface area contributed by atoms with Crippen molar-refractivity contribution in [2.24, 2.45) is 0 Å². The van der Waals surface area contributed by atoms with Gasteiger partial charge in [0.05, 0.1) is 26.1 Å². The smallest absolute Gasteiger partial charge is 0.307 e. The summed E-state index contributed by atoms with van der Waals surface area (Å²) < 4.78 is 23.3. The van der Waals surface area contributed by atoms with Crippen LogP contribution in [-0.2, 0) is 38.1 Å². The van der Waals surface area contributed by atoms with Crippen molar-refractivity contribution in [1.82, 2.24) is 9.80 Å². The van der Waals surface area contributed by atoms with Crippen LogP contribution >= 0.6 is 0 Å². The van der Waals surface area contributed by atoms with Crippen LogP contribution in [0.3, 0.4) is 0 Å². The Morgan fingerprint density at radius 1 is 0.366 bits per heavy atom. The summed E-state index contributed by atoms with van der Waals surface area (Å²) in [5.41, 5.74) is 0. The van der Waals surface area contributed by atoms with Crippen LogP contribution in [0.4, 0.5) is 0 Å². The summed E-state index contributed by atoms with van der Waals surface area (Å²) in [4.78, 5) is 55.6. The number of nitrogens with zero attached hydrogens (tertiary/aromatic N) is 2. The maximum Gasteiger partial charge on any atom is 0.307 e. The van der Waals surface area contributed by atoms with E-state index in [1.165, 1.54) is 180 Å². The molecular formula is C72H134N2O8. The largest absolute Gasteiger partial charge is 0.466 e. The molecule has 1 fully saturated rings. The number of hydrogen-bond acceptors (Lipinski definition) is 10. The van der Waals surface area contributed by atoms with Gasteiger partial charge in [-0.3, -0.25) is 19.2 Å². The molecule has 0 spiro atoms. The SMILES string of the molecule is CCCCCCCCCCCC(=O)OC(C/C=C\CCCCCCCCOC(=O)CCN(CCC(=O)OCCCCCCCC/C=C\CC(CCCCCC)OC(=O)CCCCCCCCCCC)CCN1CCCC1)CCCCCC. The summed E-state index contributed by atoms with van der Waals surface area (Å²) in [7, 11) is 0. The van der Waals surface area contributed by atoms with E-state index in [1.54, 1.807) is 0 Å². The molecule has 0 amide bonds. The molecule has 0 aromatic carbocycles. The van der Waals surface area contributed by atoms with E-state index in [-0.39, 0.29) is 36.1 Å². The molecule has 1 saturated heterocycles. The predicted molar refractivity (Wildman–Crippen MR) is 346 cm³/mol. The van der Waals surface area contributed by atoms with Gasteiger partial charge in [-0.2, -0.15) is 0 Å². The fourth-order valence-electron chi connectivity index (χ4n) is 11.2.